The number of thiophene rings is 1. The molecule has 0 saturated heterocycles. The van der Waals surface area contributed by atoms with Crippen LogP contribution in [0, 0.1) is 0 Å². The van der Waals surface area contributed by atoms with Gasteiger partial charge in [-0.05, 0) is 30.6 Å². The summed E-state index contributed by atoms with van der Waals surface area (Å²) in [6.45, 7) is 1.11. The molecule has 0 unspecified atom stereocenters. The average Bonchev–Trinajstić information content (AvgIpc) is 2.84. The molecule has 19 heavy (non-hydrogen) atoms. The highest BCUT2D eigenvalue weighted by atomic mass is 35.5. The Balaban J connectivity index is 1.86. The lowest BCUT2D eigenvalue weighted by Gasteiger charge is -2.15. The van der Waals surface area contributed by atoms with Crippen molar-refractivity contribution in [3.8, 4) is 0 Å². The number of likely N-dealkylation sites (N-methyl/N-ethyl adjacent to an activating group) is 1. The van der Waals surface area contributed by atoms with Crippen molar-refractivity contribution < 1.29 is 4.79 Å². The van der Waals surface area contributed by atoms with Crippen LogP contribution in [0.3, 0.4) is 0 Å². The predicted octanol–water partition coefficient (Wildman–Crippen LogP) is 3.47. The van der Waals surface area contributed by atoms with Crippen LogP contribution in [0.25, 0.3) is 0 Å². The van der Waals surface area contributed by atoms with Crippen molar-refractivity contribution in [1.82, 2.24) is 4.90 Å². The molecule has 1 aromatic carbocycles. The summed E-state index contributed by atoms with van der Waals surface area (Å²) >= 11 is 7.68. The molecule has 2 rings (SSSR count). The summed E-state index contributed by atoms with van der Waals surface area (Å²) in [5, 5.41) is 5.40. The molecule has 3 nitrogen and oxygen atoms in total. The third kappa shape index (κ3) is 4.35. The summed E-state index contributed by atoms with van der Waals surface area (Å²) < 4.78 is 0. The number of nitrogens with one attached hydrogen (secondary N) is 1. The van der Waals surface area contributed by atoms with E-state index < -0.39 is 0 Å². The van der Waals surface area contributed by atoms with Crippen LogP contribution in [-0.4, -0.2) is 24.4 Å². The van der Waals surface area contributed by atoms with Gasteiger partial charge in [0.1, 0.15) is 0 Å². The lowest BCUT2D eigenvalue weighted by atomic mass is 10.3. The van der Waals surface area contributed by atoms with Crippen molar-refractivity contribution in [2.24, 2.45) is 0 Å². The van der Waals surface area contributed by atoms with Crippen LogP contribution in [0.2, 0.25) is 5.02 Å². The van der Waals surface area contributed by atoms with E-state index in [9.17, 15) is 4.79 Å². The molecular formula is C14H15ClN2OS. The van der Waals surface area contributed by atoms with Crippen LogP contribution >= 0.6 is 22.9 Å². The Labute approximate surface area is 121 Å². The Morgan fingerprint density at radius 3 is 2.79 bits per heavy atom. The minimum atomic E-state index is -0.0628. The third-order valence-corrected chi connectivity index (χ3v) is 3.76. The molecule has 100 valence electrons. The van der Waals surface area contributed by atoms with Crippen LogP contribution in [0.1, 0.15) is 4.88 Å². The monoisotopic (exact) mass is 294 g/mol. The van der Waals surface area contributed by atoms with E-state index in [2.05, 4.69) is 11.4 Å². The fourth-order valence-corrected chi connectivity index (χ4v) is 2.69. The van der Waals surface area contributed by atoms with E-state index in [1.807, 2.05) is 35.5 Å². The molecule has 0 spiro atoms. The van der Waals surface area contributed by atoms with Crippen molar-refractivity contribution in [2.75, 3.05) is 18.9 Å². The van der Waals surface area contributed by atoms with Gasteiger partial charge >= 0.3 is 0 Å². The maximum absolute atomic E-state index is 11.9. The molecule has 1 amide bonds. The minimum absolute atomic E-state index is 0.0628. The third-order valence-electron chi connectivity index (χ3n) is 2.57. The Hall–Kier alpha value is -1.36. The molecule has 0 saturated carbocycles. The predicted molar refractivity (Wildman–Crippen MR) is 80.7 cm³/mol. The Kier molecular flexibility index (Phi) is 4.96. The lowest BCUT2D eigenvalue weighted by Crippen LogP contribution is -2.29. The number of anilines is 1. The van der Waals surface area contributed by atoms with Crippen molar-refractivity contribution in [3.63, 3.8) is 0 Å². The van der Waals surface area contributed by atoms with Crippen LogP contribution in [-0.2, 0) is 11.3 Å². The summed E-state index contributed by atoms with van der Waals surface area (Å²) in [5.41, 5.74) is 0.652. The Bertz CT molecular complexity index is 542. The summed E-state index contributed by atoms with van der Waals surface area (Å²) in [6, 6.07) is 11.3. The van der Waals surface area contributed by atoms with Gasteiger partial charge in [0.25, 0.3) is 0 Å². The topological polar surface area (TPSA) is 32.3 Å². The van der Waals surface area contributed by atoms with Gasteiger partial charge in [-0.15, -0.1) is 11.3 Å². The smallest absolute Gasteiger partial charge is 0.238 e. The number of nitrogens with zero attached hydrogens (tertiary/aromatic N) is 1. The quantitative estimate of drug-likeness (QED) is 0.916. The van der Waals surface area contributed by atoms with Crippen molar-refractivity contribution in [2.45, 2.75) is 6.54 Å². The molecular weight excluding hydrogens is 280 g/mol. The summed E-state index contributed by atoms with van der Waals surface area (Å²) in [7, 11) is 1.92. The summed E-state index contributed by atoms with van der Waals surface area (Å²) in [4.78, 5) is 15.1. The highest BCUT2D eigenvalue weighted by Crippen LogP contribution is 2.20. The first kappa shape index (κ1) is 14.1. The fraction of sp³-hybridized carbons (Fsp3) is 0.214. The second kappa shape index (κ2) is 6.70. The van der Waals surface area contributed by atoms with Gasteiger partial charge in [-0.3, -0.25) is 9.69 Å². The molecule has 1 aromatic heterocycles. The van der Waals surface area contributed by atoms with Crippen LogP contribution in [0.5, 0.6) is 0 Å². The zero-order valence-electron chi connectivity index (χ0n) is 10.6. The van der Waals surface area contributed by atoms with Gasteiger partial charge in [0, 0.05) is 11.4 Å². The van der Waals surface area contributed by atoms with Gasteiger partial charge in [-0.25, -0.2) is 0 Å². The molecule has 0 fully saturated rings. The normalized spacial score (nSPS) is 10.7. The van der Waals surface area contributed by atoms with Gasteiger partial charge in [-0.2, -0.15) is 0 Å². The van der Waals surface area contributed by atoms with Gasteiger partial charge in [0.2, 0.25) is 5.91 Å². The van der Waals surface area contributed by atoms with Crippen molar-refractivity contribution >= 4 is 34.5 Å². The van der Waals surface area contributed by atoms with Crippen LogP contribution in [0.4, 0.5) is 5.69 Å². The van der Waals surface area contributed by atoms with Gasteiger partial charge < -0.3 is 5.32 Å². The molecule has 0 radical (unpaired) electrons. The molecule has 2 aromatic rings. The van der Waals surface area contributed by atoms with E-state index in [-0.39, 0.29) is 5.91 Å². The molecule has 5 heteroatoms. The first-order valence-electron chi connectivity index (χ1n) is 5.90. The van der Waals surface area contributed by atoms with Gasteiger partial charge in [0.05, 0.1) is 17.3 Å². The zero-order valence-corrected chi connectivity index (χ0v) is 12.2. The largest absolute Gasteiger partial charge is 0.324 e. The number of amides is 1. The number of halogens is 1. The molecule has 0 aliphatic carbocycles. The fourth-order valence-electron chi connectivity index (χ4n) is 1.72. The van der Waals surface area contributed by atoms with Crippen molar-refractivity contribution in [3.05, 3.63) is 51.7 Å². The van der Waals surface area contributed by atoms with E-state index in [1.165, 1.54) is 4.88 Å². The molecule has 1 heterocycles. The highest BCUT2D eigenvalue weighted by molar-refractivity contribution is 7.09. The number of hydrogen-bond donors (Lipinski definition) is 1. The number of benzene rings is 1. The second-order valence-corrected chi connectivity index (χ2v) is 5.72. The van der Waals surface area contributed by atoms with Gasteiger partial charge in [0.15, 0.2) is 0 Å². The standard InChI is InChI=1S/C14H15ClN2OS/c1-17(9-11-5-4-8-19-11)10-14(18)16-13-7-3-2-6-12(13)15/h2-8H,9-10H2,1H3,(H,16,18). The second-order valence-electron chi connectivity index (χ2n) is 4.28. The lowest BCUT2D eigenvalue weighted by molar-refractivity contribution is -0.117. The number of carbonyl (C=O) groups excluding carboxylic acids is 1. The number of carbonyl (C=O) groups is 1. The Morgan fingerprint density at radius 1 is 1.32 bits per heavy atom. The summed E-state index contributed by atoms with van der Waals surface area (Å²) in [6.07, 6.45) is 0. The maximum Gasteiger partial charge on any atom is 0.238 e. The van der Waals surface area contributed by atoms with E-state index in [0.717, 1.165) is 6.54 Å². The van der Waals surface area contributed by atoms with Crippen LogP contribution in [0.15, 0.2) is 41.8 Å². The van der Waals surface area contributed by atoms with Crippen molar-refractivity contribution in [1.29, 1.82) is 0 Å². The van der Waals surface area contributed by atoms with E-state index in [0.29, 0.717) is 17.3 Å². The molecule has 0 atom stereocenters. The number of rotatable bonds is 5. The minimum Gasteiger partial charge on any atom is -0.324 e. The van der Waals surface area contributed by atoms with Gasteiger partial charge in [-0.1, -0.05) is 29.8 Å². The SMILES string of the molecule is CN(CC(=O)Nc1ccccc1Cl)Cc1cccs1. The molecule has 0 bridgehead atoms. The van der Waals surface area contributed by atoms with E-state index in [1.54, 1.807) is 23.5 Å². The molecule has 0 aliphatic rings. The molecule has 0 aliphatic heterocycles. The first-order valence-corrected chi connectivity index (χ1v) is 7.16. The maximum atomic E-state index is 11.9. The highest BCUT2D eigenvalue weighted by Gasteiger charge is 2.09. The Morgan fingerprint density at radius 2 is 2.11 bits per heavy atom. The number of para-hydroxylation sites is 1. The van der Waals surface area contributed by atoms with E-state index >= 15 is 0 Å². The van der Waals surface area contributed by atoms with E-state index in [4.69, 9.17) is 11.6 Å². The average molecular weight is 295 g/mol. The molecule has 1 N–H and O–H groups in total. The van der Waals surface area contributed by atoms with Crippen LogP contribution < -0.4 is 5.32 Å². The number of hydrogen-bond acceptors (Lipinski definition) is 3. The first-order chi connectivity index (χ1) is 9.15. The zero-order chi connectivity index (χ0) is 13.7. The summed E-state index contributed by atoms with van der Waals surface area (Å²) in [5.74, 6) is -0.0628.